The Hall–Kier alpha value is -2.01. The quantitative estimate of drug-likeness (QED) is 0.629. The molecule has 116 valence electrons. The Morgan fingerprint density at radius 1 is 1.05 bits per heavy atom. The number of carboxylic acid groups (broad SMARTS) is 1. The minimum atomic E-state index is -5.96. The van der Waals surface area contributed by atoms with Crippen LogP contribution in [0.2, 0.25) is 0 Å². The van der Waals surface area contributed by atoms with Crippen molar-refractivity contribution in [2.75, 3.05) is 0 Å². The van der Waals surface area contributed by atoms with E-state index in [-0.39, 0.29) is 0 Å². The molecule has 0 aliphatic heterocycles. The molecule has 0 aliphatic carbocycles. The molecule has 0 unspecified atom stereocenters. The van der Waals surface area contributed by atoms with Gasteiger partial charge in [-0.25, -0.2) is 4.79 Å². The van der Waals surface area contributed by atoms with Gasteiger partial charge in [-0.05, 0) is 0 Å². The molecule has 0 heterocycles. The van der Waals surface area contributed by atoms with Gasteiger partial charge in [-0.15, -0.1) is 0 Å². The predicted molar refractivity (Wildman–Crippen MR) is 49.0 cm³/mol. The fourth-order valence-corrected chi connectivity index (χ4v) is 1.14. The van der Waals surface area contributed by atoms with Crippen molar-refractivity contribution in [1.82, 2.24) is 5.32 Å². The number of halogens is 6. The molecule has 0 aromatic carbocycles. The number of aliphatic carboxylic acids is 1. The highest BCUT2D eigenvalue weighted by Gasteiger charge is 2.61. The topological polar surface area (TPSA) is 109 Å². The normalized spacial score (nSPS) is 13.9. The first-order valence-electron chi connectivity index (χ1n) is 4.71. The number of hydrogen-bond donors (Lipinski definition) is 3. The lowest BCUT2D eigenvalue weighted by Crippen LogP contribution is -2.53. The highest BCUT2D eigenvalue weighted by molar-refractivity contribution is 5.89. The second-order valence-electron chi connectivity index (χ2n) is 3.59. The van der Waals surface area contributed by atoms with Crippen LogP contribution in [-0.4, -0.2) is 41.3 Å². The van der Waals surface area contributed by atoms with Gasteiger partial charge in [-0.3, -0.25) is 9.59 Å². The van der Waals surface area contributed by atoms with E-state index in [0.717, 1.165) is 5.32 Å². The fraction of sp³-hybridized carbons (Fsp3) is 0.625. The van der Waals surface area contributed by atoms with Gasteiger partial charge in [-0.1, -0.05) is 0 Å². The van der Waals surface area contributed by atoms with Crippen LogP contribution in [0.5, 0.6) is 0 Å². The van der Waals surface area contributed by atoms with Crippen LogP contribution >= 0.6 is 0 Å². The summed E-state index contributed by atoms with van der Waals surface area (Å²) in [4.78, 5) is 31.9. The van der Waals surface area contributed by atoms with Crippen molar-refractivity contribution >= 4 is 17.8 Å². The maximum atomic E-state index is 12.2. The second-order valence-corrected chi connectivity index (χ2v) is 3.59. The number of primary amides is 1. The first kappa shape index (κ1) is 18.0. The van der Waals surface area contributed by atoms with E-state index in [1.165, 1.54) is 0 Å². The van der Waals surface area contributed by atoms with Crippen LogP contribution in [0.1, 0.15) is 6.42 Å². The highest BCUT2D eigenvalue weighted by Crippen LogP contribution is 2.39. The highest BCUT2D eigenvalue weighted by atomic mass is 19.4. The van der Waals surface area contributed by atoms with Crippen LogP contribution in [0.4, 0.5) is 26.3 Å². The van der Waals surface area contributed by atoms with E-state index < -0.39 is 48.5 Å². The number of nitrogens with one attached hydrogen (secondary N) is 1. The molecule has 0 saturated heterocycles. The number of rotatable bonds is 5. The minimum absolute atomic E-state index is 0.982. The van der Waals surface area contributed by atoms with Crippen LogP contribution in [0, 0.1) is 5.92 Å². The molecule has 1 atom stereocenters. The van der Waals surface area contributed by atoms with E-state index in [1.807, 2.05) is 0 Å². The zero-order chi connectivity index (χ0) is 16.3. The third kappa shape index (κ3) is 5.32. The van der Waals surface area contributed by atoms with Gasteiger partial charge in [0.25, 0.3) is 0 Å². The summed E-state index contributed by atoms with van der Waals surface area (Å²) < 4.78 is 73.0. The van der Waals surface area contributed by atoms with E-state index in [4.69, 9.17) is 5.11 Å². The van der Waals surface area contributed by atoms with E-state index in [1.54, 1.807) is 0 Å². The van der Waals surface area contributed by atoms with Crippen LogP contribution in [0.25, 0.3) is 0 Å². The van der Waals surface area contributed by atoms with Gasteiger partial charge in [0.1, 0.15) is 6.04 Å². The van der Waals surface area contributed by atoms with Gasteiger partial charge in [0.2, 0.25) is 17.7 Å². The zero-order valence-corrected chi connectivity index (χ0v) is 9.38. The smallest absolute Gasteiger partial charge is 0.409 e. The molecule has 2 amide bonds. The summed E-state index contributed by atoms with van der Waals surface area (Å²) in [5.41, 5.74) is 4.56. The van der Waals surface area contributed by atoms with E-state index in [0.29, 0.717) is 0 Å². The van der Waals surface area contributed by atoms with Gasteiger partial charge in [0, 0.05) is 0 Å². The largest absolute Gasteiger partial charge is 0.480 e. The summed E-state index contributed by atoms with van der Waals surface area (Å²) in [6.45, 7) is 0. The Morgan fingerprint density at radius 3 is 1.70 bits per heavy atom. The maximum Gasteiger partial charge on any atom is 0.409 e. The lowest BCUT2D eigenvalue weighted by Gasteiger charge is -2.23. The van der Waals surface area contributed by atoms with E-state index in [2.05, 4.69) is 5.73 Å². The molecule has 0 saturated carbocycles. The molecular formula is C8H8F6N2O4. The Labute approximate surface area is 106 Å². The molecule has 6 nitrogen and oxygen atoms in total. The van der Waals surface area contributed by atoms with Crippen molar-refractivity contribution in [3.63, 3.8) is 0 Å². The summed E-state index contributed by atoms with van der Waals surface area (Å²) in [5, 5.41) is 9.46. The number of carbonyl (C=O) groups excluding carboxylic acids is 2. The van der Waals surface area contributed by atoms with Gasteiger partial charge < -0.3 is 16.2 Å². The Morgan fingerprint density at radius 2 is 1.45 bits per heavy atom. The van der Waals surface area contributed by atoms with Crippen LogP contribution in [0.15, 0.2) is 0 Å². The standard InChI is InChI=1S/C8H8F6N2O4/c9-7(10,11)4(8(12,13)14)5(18)16-2(6(19)20)1-3(15)17/h2,4H,1H2,(H2,15,17)(H,16,18)(H,19,20)/t2-/m0/s1. The molecule has 0 rings (SSSR count). The zero-order valence-electron chi connectivity index (χ0n) is 9.38. The number of carboxylic acids is 1. The lowest BCUT2D eigenvalue weighted by molar-refractivity contribution is -0.274. The molecule has 0 fully saturated rings. The van der Waals surface area contributed by atoms with E-state index >= 15 is 0 Å². The Kier molecular flexibility index (Phi) is 5.36. The van der Waals surface area contributed by atoms with Crippen molar-refractivity contribution in [3.05, 3.63) is 0 Å². The van der Waals surface area contributed by atoms with Gasteiger partial charge in [0.05, 0.1) is 6.42 Å². The van der Waals surface area contributed by atoms with Crippen molar-refractivity contribution in [2.24, 2.45) is 11.7 Å². The number of nitrogens with two attached hydrogens (primary N) is 1. The molecule has 0 spiro atoms. The molecule has 0 aliphatic rings. The van der Waals surface area contributed by atoms with Crippen molar-refractivity contribution in [2.45, 2.75) is 24.8 Å². The maximum absolute atomic E-state index is 12.2. The monoisotopic (exact) mass is 310 g/mol. The SMILES string of the molecule is NC(=O)C[C@H](NC(=O)C(C(F)(F)F)C(F)(F)F)C(=O)O. The predicted octanol–water partition coefficient (Wildman–Crippen LogP) is 0.172. The summed E-state index contributed by atoms with van der Waals surface area (Å²) in [5.74, 6) is -10.4. The van der Waals surface area contributed by atoms with Gasteiger partial charge in [-0.2, -0.15) is 26.3 Å². The van der Waals surface area contributed by atoms with Crippen LogP contribution < -0.4 is 11.1 Å². The molecular weight excluding hydrogens is 302 g/mol. The summed E-state index contributed by atoms with van der Waals surface area (Å²) in [7, 11) is 0. The first-order valence-corrected chi connectivity index (χ1v) is 4.71. The lowest BCUT2D eigenvalue weighted by atomic mass is 10.1. The van der Waals surface area contributed by atoms with Crippen LogP contribution in [0.3, 0.4) is 0 Å². The molecule has 0 aromatic heterocycles. The van der Waals surface area contributed by atoms with Crippen molar-refractivity contribution in [1.29, 1.82) is 0 Å². The van der Waals surface area contributed by atoms with Gasteiger partial charge in [0.15, 0.2) is 0 Å². The van der Waals surface area contributed by atoms with Crippen LogP contribution in [-0.2, 0) is 14.4 Å². The van der Waals surface area contributed by atoms with Crippen molar-refractivity contribution in [3.8, 4) is 0 Å². The number of carbonyl (C=O) groups is 3. The van der Waals surface area contributed by atoms with Gasteiger partial charge >= 0.3 is 18.3 Å². The van der Waals surface area contributed by atoms with Crippen molar-refractivity contribution < 1.29 is 45.8 Å². The minimum Gasteiger partial charge on any atom is -0.480 e. The molecule has 20 heavy (non-hydrogen) atoms. The number of hydrogen-bond acceptors (Lipinski definition) is 3. The number of alkyl halides is 6. The fourth-order valence-electron chi connectivity index (χ4n) is 1.14. The molecule has 0 aromatic rings. The third-order valence-electron chi connectivity index (χ3n) is 1.94. The molecule has 0 radical (unpaired) electrons. The average molecular weight is 310 g/mol. The first-order chi connectivity index (χ1) is 8.76. The Bertz CT molecular complexity index is 391. The summed E-state index contributed by atoms with van der Waals surface area (Å²) in [6.07, 6.45) is -13.1. The molecule has 12 heteroatoms. The molecule has 4 N–H and O–H groups in total. The molecule has 0 bridgehead atoms. The number of amides is 2. The summed E-state index contributed by atoms with van der Waals surface area (Å²) in [6, 6.07) is -2.28. The Balaban J connectivity index is 5.19. The average Bonchev–Trinajstić information content (AvgIpc) is 2.09. The van der Waals surface area contributed by atoms with E-state index in [9.17, 15) is 40.7 Å². The second kappa shape index (κ2) is 5.96. The summed E-state index contributed by atoms with van der Waals surface area (Å²) >= 11 is 0. The third-order valence-corrected chi connectivity index (χ3v) is 1.94.